The molecule has 0 atom stereocenters. The second-order valence-corrected chi connectivity index (χ2v) is 7.41. The number of hydrogen-bond donors (Lipinski definition) is 0. The van der Waals surface area contributed by atoms with Crippen LogP contribution in [-0.4, -0.2) is 24.9 Å². The van der Waals surface area contributed by atoms with Crippen LogP contribution in [0.1, 0.15) is 58.7 Å². The molecule has 0 radical (unpaired) electrons. The first-order valence-electron chi connectivity index (χ1n) is 10.7. The van der Waals surface area contributed by atoms with Gasteiger partial charge < -0.3 is 9.30 Å². The summed E-state index contributed by atoms with van der Waals surface area (Å²) in [5.41, 5.74) is 3.59. The normalized spacial score (nSPS) is 11.7. The van der Waals surface area contributed by atoms with Crippen LogP contribution in [0.15, 0.2) is 30.5 Å². The Labute approximate surface area is 170 Å². The third-order valence-corrected chi connectivity index (χ3v) is 5.37. The van der Waals surface area contributed by atoms with E-state index >= 15 is 0 Å². The molecule has 0 unspecified atom stereocenters. The zero-order valence-electron chi connectivity index (χ0n) is 17.4. The van der Waals surface area contributed by atoms with Crippen molar-refractivity contribution in [2.75, 3.05) is 0 Å². The van der Waals surface area contributed by atoms with Crippen LogP contribution in [0.5, 0.6) is 5.75 Å². The van der Waals surface area contributed by atoms with Crippen molar-refractivity contribution in [3.63, 3.8) is 0 Å². The van der Waals surface area contributed by atoms with Gasteiger partial charge in [-0.1, -0.05) is 52.2 Å². The zero-order valence-corrected chi connectivity index (χ0v) is 17.4. The predicted octanol–water partition coefficient (Wildman–Crippen LogP) is 5.30. The number of aromatic nitrogens is 4. The minimum Gasteiger partial charge on any atom is -0.424 e. The number of esters is 1. The highest BCUT2D eigenvalue weighted by Gasteiger charge is 2.21. The molecule has 0 aliphatic heterocycles. The fourth-order valence-corrected chi connectivity index (χ4v) is 3.87. The highest BCUT2D eigenvalue weighted by Crippen LogP contribution is 2.34. The Bertz CT molecular complexity index is 1170. The maximum Gasteiger partial charge on any atom is 0.310 e. The Kier molecular flexibility index (Phi) is 5.51. The Morgan fingerprint density at radius 1 is 1.03 bits per heavy atom. The molecule has 6 nitrogen and oxygen atoms in total. The first-order valence-corrected chi connectivity index (χ1v) is 10.7. The summed E-state index contributed by atoms with van der Waals surface area (Å²) in [6, 6.07) is 8.06. The van der Waals surface area contributed by atoms with Crippen molar-refractivity contribution in [2.45, 2.75) is 65.8 Å². The van der Waals surface area contributed by atoms with E-state index in [0.29, 0.717) is 12.2 Å². The summed E-state index contributed by atoms with van der Waals surface area (Å²) in [5.74, 6) is 1.27. The largest absolute Gasteiger partial charge is 0.424 e. The minimum absolute atomic E-state index is 0.246. The third-order valence-electron chi connectivity index (χ3n) is 5.37. The van der Waals surface area contributed by atoms with Gasteiger partial charge >= 0.3 is 5.97 Å². The number of carbonyl (C=O) groups is 1. The average molecular weight is 393 g/mol. The number of aryl methyl sites for hydroxylation is 2. The minimum atomic E-state index is -0.246. The molecule has 0 spiro atoms. The number of carbonyl (C=O) groups excluding carboxylic acids is 1. The van der Waals surface area contributed by atoms with E-state index < -0.39 is 0 Å². The molecule has 0 aliphatic rings. The van der Waals surface area contributed by atoms with Gasteiger partial charge in [-0.25, -0.2) is 9.97 Å². The lowest BCUT2D eigenvalue weighted by Crippen LogP contribution is -2.06. The molecule has 152 valence electrons. The lowest BCUT2D eigenvalue weighted by molar-refractivity contribution is -0.133. The fraction of sp³-hybridized carbons (Fsp3) is 0.435. The summed E-state index contributed by atoms with van der Waals surface area (Å²) >= 11 is 0. The van der Waals surface area contributed by atoms with Crippen LogP contribution in [0.4, 0.5) is 0 Å². The third kappa shape index (κ3) is 3.48. The number of ether oxygens (including phenoxy) is 1. The molecule has 0 aliphatic carbocycles. The summed E-state index contributed by atoms with van der Waals surface area (Å²) in [6.07, 6.45) is 7.72. The standard InChI is InChI=1S/C23H28N4O2/c1-4-7-8-11-14-26-15-18(29-20(28)6-3)21-22(26)25-19(5-2)27-17-13-10-9-12-16(17)24-23(21)27/h9-10,12-13,15H,4-8,11,14H2,1-3H3. The quantitative estimate of drug-likeness (QED) is 0.302. The maximum absolute atomic E-state index is 12.1. The van der Waals surface area contributed by atoms with Gasteiger partial charge in [0.1, 0.15) is 16.9 Å². The van der Waals surface area contributed by atoms with Crippen LogP contribution in [0.2, 0.25) is 0 Å². The summed E-state index contributed by atoms with van der Waals surface area (Å²) in [7, 11) is 0. The topological polar surface area (TPSA) is 61.4 Å². The van der Waals surface area contributed by atoms with E-state index in [1.165, 1.54) is 19.3 Å². The average Bonchev–Trinajstić information content (AvgIpc) is 3.29. The molecule has 29 heavy (non-hydrogen) atoms. The fourth-order valence-electron chi connectivity index (χ4n) is 3.87. The van der Waals surface area contributed by atoms with Crippen LogP contribution in [0.25, 0.3) is 27.7 Å². The van der Waals surface area contributed by atoms with Crippen molar-refractivity contribution in [2.24, 2.45) is 0 Å². The SMILES string of the molecule is CCCCCCn1cc(OC(=O)CC)c2c1nc(CC)n1c3ccccc3nc21. The highest BCUT2D eigenvalue weighted by atomic mass is 16.5. The number of para-hydroxylation sites is 2. The number of nitrogens with zero attached hydrogens (tertiary/aromatic N) is 4. The van der Waals surface area contributed by atoms with Gasteiger partial charge in [0.2, 0.25) is 0 Å². The highest BCUT2D eigenvalue weighted by molar-refractivity contribution is 6.00. The van der Waals surface area contributed by atoms with Crippen LogP contribution < -0.4 is 4.74 Å². The van der Waals surface area contributed by atoms with E-state index in [0.717, 1.165) is 52.9 Å². The molecular weight excluding hydrogens is 364 g/mol. The van der Waals surface area contributed by atoms with Crippen molar-refractivity contribution in [3.05, 3.63) is 36.3 Å². The molecule has 0 amide bonds. The van der Waals surface area contributed by atoms with Crippen LogP contribution >= 0.6 is 0 Å². The Balaban J connectivity index is 1.95. The van der Waals surface area contributed by atoms with Gasteiger partial charge in [0.25, 0.3) is 0 Å². The second-order valence-electron chi connectivity index (χ2n) is 7.41. The molecular formula is C23H28N4O2. The van der Waals surface area contributed by atoms with Crippen molar-refractivity contribution in [3.8, 4) is 5.75 Å². The number of rotatable bonds is 8. The molecule has 0 N–H and O–H groups in total. The number of benzene rings is 1. The van der Waals surface area contributed by atoms with Gasteiger partial charge in [-0.05, 0) is 18.6 Å². The molecule has 0 saturated heterocycles. The summed E-state index contributed by atoms with van der Waals surface area (Å²) in [5, 5.41) is 0.815. The van der Waals surface area contributed by atoms with Gasteiger partial charge in [0.15, 0.2) is 11.4 Å². The van der Waals surface area contributed by atoms with E-state index in [2.05, 4.69) is 28.9 Å². The monoisotopic (exact) mass is 392 g/mol. The lowest BCUT2D eigenvalue weighted by Gasteiger charge is -2.08. The molecule has 4 aromatic rings. The van der Waals surface area contributed by atoms with Gasteiger partial charge in [0, 0.05) is 25.6 Å². The van der Waals surface area contributed by atoms with Crippen LogP contribution in [-0.2, 0) is 17.8 Å². The van der Waals surface area contributed by atoms with Gasteiger partial charge in [0.05, 0.1) is 11.0 Å². The predicted molar refractivity (Wildman–Crippen MR) is 115 cm³/mol. The molecule has 6 heteroatoms. The van der Waals surface area contributed by atoms with Gasteiger partial charge in [-0.15, -0.1) is 0 Å². The van der Waals surface area contributed by atoms with E-state index in [-0.39, 0.29) is 5.97 Å². The molecule has 0 bridgehead atoms. The molecule has 0 saturated carbocycles. The number of fused-ring (bicyclic) bond motifs is 5. The van der Waals surface area contributed by atoms with Crippen molar-refractivity contribution in [1.29, 1.82) is 0 Å². The zero-order chi connectivity index (χ0) is 20.4. The summed E-state index contributed by atoms with van der Waals surface area (Å²) in [4.78, 5) is 22.0. The van der Waals surface area contributed by atoms with Crippen LogP contribution in [0.3, 0.4) is 0 Å². The van der Waals surface area contributed by atoms with E-state index in [4.69, 9.17) is 14.7 Å². The molecule has 0 fully saturated rings. The molecule has 4 rings (SSSR count). The summed E-state index contributed by atoms with van der Waals surface area (Å²) in [6.45, 7) is 6.98. The maximum atomic E-state index is 12.1. The second kappa shape index (κ2) is 8.23. The van der Waals surface area contributed by atoms with Crippen LogP contribution in [0, 0.1) is 0 Å². The van der Waals surface area contributed by atoms with Gasteiger partial charge in [-0.2, -0.15) is 0 Å². The first kappa shape index (κ1) is 19.4. The summed E-state index contributed by atoms with van der Waals surface area (Å²) < 4.78 is 9.94. The van der Waals surface area contributed by atoms with E-state index in [1.807, 2.05) is 24.4 Å². The molecule has 1 aromatic carbocycles. The molecule has 3 aromatic heterocycles. The smallest absolute Gasteiger partial charge is 0.310 e. The van der Waals surface area contributed by atoms with Gasteiger partial charge in [-0.3, -0.25) is 9.20 Å². The van der Waals surface area contributed by atoms with Crippen molar-refractivity contribution in [1.82, 2.24) is 18.9 Å². The Morgan fingerprint density at radius 2 is 1.86 bits per heavy atom. The lowest BCUT2D eigenvalue weighted by atomic mass is 10.2. The number of hydrogen-bond acceptors (Lipinski definition) is 4. The van der Waals surface area contributed by atoms with Crippen molar-refractivity contribution >= 4 is 33.7 Å². The Hall–Kier alpha value is -2.89. The first-order chi connectivity index (χ1) is 14.2. The number of imidazole rings is 1. The van der Waals surface area contributed by atoms with E-state index in [1.54, 1.807) is 6.92 Å². The Morgan fingerprint density at radius 3 is 2.62 bits per heavy atom. The number of unbranched alkanes of at least 4 members (excludes halogenated alkanes) is 3. The molecule has 3 heterocycles. The van der Waals surface area contributed by atoms with E-state index in [9.17, 15) is 4.79 Å². The van der Waals surface area contributed by atoms with Crippen molar-refractivity contribution < 1.29 is 9.53 Å².